The van der Waals surface area contributed by atoms with Crippen molar-refractivity contribution in [3.63, 3.8) is 0 Å². The van der Waals surface area contributed by atoms with Crippen molar-refractivity contribution in [2.75, 3.05) is 20.2 Å². The van der Waals surface area contributed by atoms with E-state index in [4.69, 9.17) is 5.73 Å². The molecule has 90 valence electrons. The summed E-state index contributed by atoms with van der Waals surface area (Å²) in [6.07, 6.45) is 0.211. The van der Waals surface area contributed by atoms with Crippen LogP contribution in [0.2, 0.25) is 0 Å². The second kappa shape index (κ2) is 8.49. The maximum absolute atomic E-state index is 11.4. The number of hydrogen-bond acceptors (Lipinski definition) is 4. The summed E-state index contributed by atoms with van der Waals surface area (Å²) in [6.45, 7) is 4.39. The van der Waals surface area contributed by atoms with Gasteiger partial charge in [-0.1, -0.05) is 0 Å². The first-order chi connectivity index (χ1) is 6.52. The first-order valence-electron chi connectivity index (χ1n) is 4.64. The number of esters is 1. The van der Waals surface area contributed by atoms with Crippen LogP contribution in [0, 0.1) is 0 Å². The number of ether oxygens (including phenoxy) is 1. The summed E-state index contributed by atoms with van der Waals surface area (Å²) in [5.74, 6) is -0.461. The van der Waals surface area contributed by atoms with Gasteiger partial charge in [-0.25, -0.2) is 0 Å². The van der Waals surface area contributed by atoms with E-state index in [2.05, 4.69) is 4.74 Å². The Hall–Kier alpha value is -0.810. The highest BCUT2D eigenvalue weighted by molar-refractivity contribution is 5.85. The van der Waals surface area contributed by atoms with E-state index in [0.717, 1.165) is 0 Å². The molecular formula is C9H19ClN2O3. The van der Waals surface area contributed by atoms with Crippen LogP contribution in [0.25, 0.3) is 0 Å². The highest BCUT2D eigenvalue weighted by Crippen LogP contribution is 1.96. The van der Waals surface area contributed by atoms with E-state index in [1.165, 1.54) is 7.11 Å². The molecule has 15 heavy (non-hydrogen) atoms. The number of nitrogens with zero attached hydrogens (tertiary/aromatic N) is 1. The van der Waals surface area contributed by atoms with Gasteiger partial charge in [0.2, 0.25) is 5.91 Å². The van der Waals surface area contributed by atoms with E-state index in [0.29, 0.717) is 13.1 Å². The molecule has 0 aromatic heterocycles. The van der Waals surface area contributed by atoms with Gasteiger partial charge in [-0.15, -0.1) is 12.4 Å². The number of amides is 1. The number of likely N-dealkylation sites (N-methyl/N-ethyl adjacent to an activating group) is 1. The zero-order chi connectivity index (χ0) is 11.1. The Balaban J connectivity index is 0. The van der Waals surface area contributed by atoms with Gasteiger partial charge in [-0.3, -0.25) is 9.59 Å². The van der Waals surface area contributed by atoms with Crippen molar-refractivity contribution in [2.24, 2.45) is 5.73 Å². The molecule has 2 N–H and O–H groups in total. The number of nitrogens with two attached hydrogens (primary N) is 1. The average molecular weight is 239 g/mol. The Morgan fingerprint density at radius 2 is 2.00 bits per heavy atom. The second-order valence-corrected chi connectivity index (χ2v) is 3.03. The molecule has 6 heteroatoms. The standard InChI is InChI=1S/C9H18N2O3.ClH/c1-4-11(9(13)7(2)10)6-5-8(12)14-3;/h7H,4-6,10H2,1-3H3;1H. The zero-order valence-electron chi connectivity index (χ0n) is 9.36. The molecule has 5 nitrogen and oxygen atoms in total. The van der Waals surface area contributed by atoms with Gasteiger partial charge in [0.1, 0.15) is 0 Å². The minimum Gasteiger partial charge on any atom is -0.469 e. The molecule has 0 fully saturated rings. The van der Waals surface area contributed by atoms with Gasteiger partial charge in [0.05, 0.1) is 19.6 Å². The lowest BCUT2D eigenvalue weighted by molar-refractivity contribution is -0.141. The van der Waals surface area contributed by atoms with Crippen molar-refractivity contribution >= 4 is 24.3 Å². The van der Waals surface area contributed by atoms with Crippen molar-refractivity contribution < 1.29 is 14.3 Å². The van der Waals surface area contributed by atoms with Crippen LogP contribution in [-0.2, 0) is 14.3 Å². The van der Waals surface area contributed by atoms with Crippen LogP contribution in [-0.4, -0.2) is 43.0 Å². The SMILES string of the molecule is CCN(CCC(=O)OC)C(=O)C(C)N.Cl. The van der Waals surface area contributed by atoms with Crippen molar-refractivity contribution in [1.29, 1.82) is 0 Å². The van der Waals surface area contributed by atoms with Crippen LogP contribution in [0.3, 0.4) is 0 Å². The molecule has 0 aliphatic heterocycles. The van der Waals surface area contributed by atoms with E-state index in [1.54, 1.807) is 11.8 Å². The molecule has 0 saturated carbocycles. The van der Waals surface area contributed by atoms with Crippen molar-refractivity contribution in [2.45, 2.75) is 26.3 Å². The average Bonchev–Trinajstić information content (AvgIpc) is 2.17. The molecular weight excluding hydrogens is 220 g/mol. The number of carbonyl (C=O) groups is 2. The van der Waals surface area contributed by atoms with Gasteiger partial charge in [0, 0.05) is 13.1 Å². The van der Waals surface area contributed by atoms with Gasteiger partial charge in [0.25, 0.3) is 0 Å². The number of halogens is 1. The van der Waals surface area contributed by atoms with E-state index < -0.39 is 6.04 Å². The first-order valence-corrected chi connectivity index (χ1v) is 4.64. The number of carbonyl (C=O) groups excluding carboxylic acids is 2. The molecule has 0 heterocycles. The van der Waals surface area contributed by atoms with Gasteiger partial charge in [-0.2, -0.15) is 0 Å². The summed E-state index contributed by atoms with van der Waals surface area (Å²) >= 11 is 0. The Labute approximate surface area is 96.3 Å². The van der Waals surface area contributed by atoms with Crippen molar-refractivity contribution in [3.05, 3.63) is 0 Å². The van der Waals surface area contributed by atoms with Crippen LogP contribution in [0.1, 0.15) is 20.3 Å². The lowest BCUT2D eigenvalue weighted by atomic mass is 10.3. The van der Waals surface area contributed by atoms with Gasteiger partial charge in [0.15, 0.2) is 0 Å². The van der Waals surface area contributed by atoms with Crippen LogP contribution < -0.4 is 5.73 Å². The molecule has 0 aliphatic rings. The van der Waals surface area contributed by atoms with E-state index in [1.807, 2.05) is 6.92 Å². The fraction of sp³-hybridized carbons (Fsp3) is 0.778. The highest BCUT2D eigenvalue weighted by Gasteiger charge is 2.16. The van der Waals surface area contributed by atoms with Gasteiger partial charge < -0.3 is 15.4 Å². The summed E-state index contributed by atoms with van der Waals surface area (Å²) in [4.78, 5) is 23.8. The van der Waals surface area contributed by atoms with E-state index in [9.17, 15) is 9.59 Å². The third kappa shape index (κ3) is 6.30. The lowest BCUT2D eigenvalue weighted by Crippen LogP contribution is -2.42. The quantitative estimate of drug-likeness (QED) is 0.693. The van der Waals surface area contributed by atoms with Crippen LogP contribution in [0.4, 0.5) is 0 Å². The summed E-state index contributed by atoms with van der Waals surface area (Å²) < 4.78 is 4.48. The summed E-state index contributed by atoms with van der Waals surface area (Å²) in [7, 11) is 1.33. The predicted molar refractivity (Wildman–Crippen MR) is 59.8 cm³/mol. The fourth-order valence-corrected chi connectivity index (χ4v) is 1.04. The molecule has 0 aliphatic carbocycles. The van der Waals surface area contributed by atoms with Crippen LogP contribution >= 0.6 is 12.4 Å². The molecule has 1 unspecified atom stereocenters. The highest BCUT2D eigenvalue weighted by atomic mass is 35.5. The summed E-state index contributed by atoms with van der Waals surface area (Å²) in [5.41, 5.74) is 5.44. The molecule has 0 saturated heterocycles. The Morgan fingerprint density at radius 1 is 1.47 bits per heavy atom. The van der Waals surface area contributed by atoms with Crippen LogP contribution in [0.15, 0.2) is 0 Å². The molecule has 0 rings (SSSR count). The number of methoxy groups -OCH3 is 1. The van der Waals surface area contributed by atoms with E-state index in [-0.39, 0.29) is 30.7 Å². The maximum Gasteiger partial charge on any atom is 0.307 e. The summed E-state index contributed by atoms with van der Waals surface area (Å²) in [6, 6.07) is -0.521. The van der Waals surface area contributed by atoms with Crippen molar-refractivity contribution in [3.8, 4) is 0 Å². The monoisotopic (exact) mass is 238 g/mol. The zero-order valence-corrected chi connectivity index (χ0v) is 10.2. The second-order valence-electron chi connectivity index (χ2n) is 3.03. The van der Waals surface area contributed by atoms with Crippen molar-refractivity contribution in [1.82, 2.24) is 4.90 Å². The lowest BCUT2D eigenvalue weighted by Gasteiger charge is -2.22. The Morgan fingerprint density at radius 3 is 2.33 bits per heavy atom. The normalized spacial score (nSPS) is 11.2. The molecule has 0 radical (unpaired) electrons. The third-order valence-electron chi connectivity index (χ3n) is 1.90. The minimum absolute atomic E-state index is 0. The first kappa shape index (κ1) is 16.6. The van der Waals surface area contributed by atoms with Crippen LogP contribution in [0.5, 0.6) is 0 Å². The number of rotatable bonds is 5. The maximum atomic E-state index is 11.4. The molecule has 1 amide bonds. The number of hydrogen-bond donors (Lipinski definition) is 1. The summed E-state index contributed by atoms with van der Waals surface area (Å²) in [5, 5.41) is 0. The molecule has 0 spiro atoms. The Bertz CT molecular complexity index is 210. The third-order valence-corrected chi connectivity index (χ3v) is 1.90. The largest absolute Gasteiger partial charge is 0.469 e. The van der Waals surface area contributed by atoms with E-state index >= 15 is 0 Å². The minimum atomic E-state index is -0.521. The van der Waals surface area contributed by atoms with Gasteiger partial charge in [-0.05, 0) is 13.8 Å². The molecule has 0 aromatic rings. The predicted octanol–water partition coefficient (Wildman–Crippen LogP) is 0.167. The topological polar surface area (TPSA) is 72.6 Å². The molecule has 0 aromatic carbocycles. The molecule has 1 atom stereocenters. The molecule has 0 bridgehead atoms. The smallest absolute Gasteiger partial charge is 0.307 e. The van der Waals surface area contributed by atoms with Gasteiger partial charge >= 0.3 is 5.97 Å². The fourth-order valence-electron chi connectivity index (χ4n) is 1.04. The Kier molecular flexibility index (Phi) is 9.41.